The molecule has 1 aromatic heterocycles. The van der Waals surface area contributed by atoms with Crippen molar-refractivity contribution in [1.82, 2.24) is 20.8 Å². The minimum atomic E-state index is -0.224. The smallest absolute Gasteiger partial charge is 0.314 e. The summed E-state index contributed by atoms with van der Waals surface area (Å²) in [6.07, 6.45) is 1.31. The van der Waals surface area contributed by atoms with Crippen molar-refractivity contribution >= 4 is 6.03 Å². The molecule has 0 spiro atoms. The maximum atomic E-state index is 11.8. The molecule has 1 aliphatic rings. The van der Waals surface area contributed by atoms with Crippen LogP contribution in [0.1, 0.15) is 37.0 Å². The zero-order valence-electron chi connectivity index (χ0n) is 13.9. The lowest BCUT2D eigenvalue weighted by Gasteiger charge is -2.12. The summed E-state index contributed by atoms with van der Waals surface area (Å²) in [5.74, 6) is 2.36. The van der Waals surface area contributed by atoms with Crippen LogP contribution < -0.4 is 15.4 Å². The Hall–Kier alpha value is -2.57. The number of nitrogens with one attached hydrogen (secondary N) is 2. The third-order valence-corrected chi connectivity index (χ3v) is 3.83. The zero-order valence-corrected chi connectivity index (χ0v) is 13.9. The van der Waals surface area contributed by atoms with Gasteiger partial charge in [-0.1, -0.05) is 37.2 Å². The lowest BCUT2D eigenvalue weighted by molar-refractivity contribution is 0.214. The van der Waals surface area contributed by atoms with E-state index in [1.807, 2.05) is 38.1 Å². The van der Waals surface area contributed by atoms with Crippen LogP contribution in [0.3, 0.4) is 0 Å². The number of carbonyl (C=O) groups is 1. The Morgan fingerprint density at radius 3 is 2.92 bits per heavy atom. The van der Waals surface area contributed by atoms with E-state index in [2.05, 4.69) is 20.8 Å². The second-order valence-electron chi connectivity index (χ2n) is 6.14. The second kappa shape index (κ2) is 7.33. The molecule has 2 amide bonds. The van der Waals surface area contributed by atoms with Crippen LogP contribution >= 0.6 is 0 Å². The number of hydrogen-bond donors (Lipinski definition) is 2. The average Bonchev–Trinajstić information content (AvgIpc) is 3.19. The number of fused-ring (bicyclic) bond motifs is 1. The lowest BCUT2D eigenvalue weighted by Crippen LogP contribution is -2.41. The molecule has 128 valence electrons. The van der Waals surface area contributed by atoms with Crippen molar-refractivity contribution in [2.45, 2.75) is 38.7 Å². The van der Waals surface area contributed by atoms with E-state index in [0.717, 1.165) is 12.2 Å². The van der Waals surface area contributed by atoms with Crippen molar-refractivity contribution in [2.75, 3.05) is 13.1 Å². The number of urea groups is 1. The molecule has 1 aliphatic heterocycles. The molecule has 0 unspecified atom stereocenters. The highest BCUT2D eigenvalue weighted by atomic mass is 16.5. The Morgan fingerprint density at radius 2 is 2.17 bits per heavy atom. The highest BCUT2D eigenvalue weighted by Gasteiger charge is 2.22. The molecule has 2 N–H and O–H groups in total. The second-order valence-corrected chi connectivity index (χ2v) is 6.14. The van der Waals surface area contributed by atoms with Crippen LogP contribution in [0, 0.1) is 0 Å². The number of para-hydroxylation sites is 1. The van der Waals surface area contributed by atoms with Crippen molar-refractivity contribution in [3.8, 4) is 5.75 Å². The molecule has 0 saturated carbocycles. The molecule has 1 atom stereocenters. The highest BCUT2D eigenvalue weighted by molar-refractivity contribution is 5.73. The van der Waals surface area contributed by atoms with Gasteiger partial charge in [-0.15, -0.1) is 0 Å². The average molecular weight is 330 g/mol. The number of aromatic nitrogens is 2. The first-order valence-corrected chi connectivity index (χ1v) is 8.20. The van der Waals surface area contributed by atoms with E-state index in [1.54, 1.807) is 0 Å². The normalized spacial score (nSPS) is 15.9. The molecule has 2 aromatic rings. The Bertz CT molecular complexity index is 674. The first-order valence-electron chi connectivity index (χ1n) is 8.20. The molecule has 0 saturated heterocycles. The number of nitrogens with zero attached hydrogens (tertiary/aromatic N) is 2. The predicted octanol–water partition coefficient (Wildman–Crippen LogP) is 2.04. The summed E-state index contributed by atoms with van der Waals surface area (Å²) in [5.41, 5.74) is 1.18. The number of benzene rings is 1. The van der Waals surface area contributed by atoms with Gasteiger partial charge < -0.3 is 19.9 Å². The van der Waals surface area contributed by atoms with Gasteiger partial charge in [-0.25, -0.2) is 4.79 Å². The van der Waals surface area contributed by atoms with E-state index in [4.69, 9.17) is 9.26 Å². The van der Waals surface area contributed by atoms with Crippen LogP contribution in [-0.4, -0.2) is 35.4 Å². The quantitative estimate of drug-likeness (QED) is 0.846. The van der Waals surface area contributed by atoms with Gasteiger partial charge in [-0.05, 0) is 11.6 Å². The Kier molecular flexibility index (Phi) is 4.98. The number of amides is 2. The Morgan fingerprint density at radius 1 is 1.33 bits per heavy atom. The maximum Gasteiger partial charge on any atom is 0.314 e. The number of carbonyl (C=O) groups excluding carboxylic acids is 1. The van der Waals surface area contributed by atoms with Crippen LogP contribution in [0.5, 0.6) is 5.75 Å². The fraction of sp³-hybridized carbons (Fsp3) is 0.471. The van der Waals surface area contributed by atoms with Gasteiger partial charge in [0.25, 0.3) is 0 Å². The number of rotatable bonds is 6. The van der Waals surface area contributed by atoms with Gasteiger partial charge in [-0.3, -0.25) is 0 Å². The largest absolute Gasteiger partial charge is 0.488 e. The maximum absolute atomic E-state index is 11.8. The molecule has 0 fully saturated rings. The number of hydrogen-bond acceptors (Lipinski definition) is 5. The molecule has 24 heavy (non-hydrogen) atoms. The molecule has 0 bridgehead atoms. The van der Waals surface area contributed by atoms with Gasteiger partial charge in [0.05, 0.1) is 6.54 Å². The van der Waals surface area contributed by atoms with Crippen molar-refractivity contribution in [3.63, 3.8) is 0 Å². The van der Waals surface area contributed by atoms with E-state index in [9.17, 15) is 4.79 Å². The van der Waals surface area contributed by atoms with Gasteiger partial charge >= 0.3 is 6.03 Å². The van der Waals surface area contributed by atoms with Crippen LogP contribution in [0.2, 0.25) is 0 Å². The minimum Gasteiger partial charge on any atom is -0.488 e. The summed E-state index contributed by atoms with van der Waals surface area (Å²) in [7, 11) is 0. The summed E-state index contributed by atoms with van der Waals surface area (Å²) >= 11 is 0. The third kappa shape index (κ3) is 4.04. The third-order valence-electron chi connectivity index (χ3n) is 3.83. The van der Waals surface area contributed by atoms with Gasteiger partial charge in [0.15, 0.2) is 5.82 Å². The standard InChI is InChI=1S/C17H22N4O3/c1-11(2)16-20-15(24-21-16)7-8-18-17(22)19-10-13-9-12-5-3-4-6-14(12)23-13/h3-6,11,13H,7-10H2,1-2H3,(H2,18,19,22)/t13-/m1/s1. The molecule has 0 radical (unpaired) electrons. The van der Waals surface area contributed by atoms with Gasteiger partial charge in [0, 0.05) is 25.3 Å². The van der Waals surface area contributed by atoms with Gasteiger partial charge in [0.1, 0.15) is 11.9 Å². The summed E-state index contributed by atoms with van der Waals surface area (Å²) in [6, 6.07) is 7.71. The summed E-state index contributed by atoms with van der Waals surface area (Å²) in [4.78, 5) is 16.1. The van der Waals surface area contributed by atoms with Gasteiger partial charge in [0.2, 0.25) is 5.89 Å². The highest BCUT2D eigenvalue weighted by Crippen LogP contribution is 2.27. The predicted molar refractivity (Wildman–Crippen MR) is 88.1 cm³/mol. The van der Waals surface area contributed by atoms with E-state index in [0.29, 0.717) is 31.2 Å². The van der Waals surface area contributed by atoms with Crippen LogP contribution in [0.4, 0.5) is 4.79 Å². The summed E-state index contributed by atoms with van der Waals surface area (Å²) < 4.78 is 10.9. The molecule has 2 heterocycles. The molecule has 3 rings (SSSR count). The summed E-state index contributed by atoms with van der Waals surface area (Å²) in [6.45, 7) is 4.92. The van der Waals surface area contributed by atoms with Crippen LogP contribution in [0.15, 0.2) is 28.8 Å². The minimum absolute atomic E-state index is 0.0160. The molecular formula is C17H22N4O3. The Balaban J connectivity index is 1.35. The SMILES string of the molecule is CC(C)c1noc(CCNC(=O)NC[C@H]2Cc3ccccc3O2)n1. The van der Waals surface area contributed by atoms with Crippen molar-refractivity contribution in [3.05, 3.63) is 41.5 Å². The molecule has 7 nitrogen and oxygen atoms in total. The molecular weight excluding hydrogens is 308 g/mol. The van der Waals surface area contributed by atoms with Crippen molar-refractivity contribution < 1.29 is 14.1 Å². The zero-order chi connectivity index (χ0) is 16.9. The first kappa shape index (κ1) is 16.3. The van der Waals surface area contributed by atoms with E-state index in [-0.39, 0.29) is 18.1 Å². The van der Waals surface area contributed by atoms with E-state index in [1.165, 1.54) is 5.56 Å². The number of ether oxygens (including phenoxy) is 1. The van der Waals surface area contributed by atoms with Crippen LogP contribution in [0.25, 0.3) is 0 Å². The molecule has 7 heteroatoms. The van der Waals surface area contributed by atoms with E-state index < -0.39 is 0 Å². The fourth-order valence-electron chi connectivity index (χ4n) is 2.52. The fourth-order valence-corrected chi connectivity index (χ4v) is 2.52. The summed E-state index contributed by atoms with van der Waals surface area (Å²) in [5, 5.41) is 9.50. The lowest BCUT2D eigenvalue weighted by atomic mass is 10.1. The Labute approximate surface area is 140 Å². The first-order chi connectivity index (χ1) is 11.6. The van der Waals surface area contributed by atoms with Crippen molar-refractivity contribution in [2.24, 2.45) is 0 Å². The topological polar surface area (TPSA) is 89.3 Å². The molecule has 0 aliphatic carbocycles. The van der Waals surface area contributed by atoms with Crippen molar-refractivity contribution in [1.29, 1.82) is 0 Å². The van der Waals surface area contributed by atoms with Gasteiger partial charge in [-0.2, -0.15) is 4.98 Å². The van der Waals surface area contributed by atoms with E-state index >= 15 is 0 Å². The monoisotopic (exact) mass is 330 g/mol. The van der Waals surface area contributed by atoms with Crippen LogP contribution in [-0.2, 0) is 12.8 Å². The molecule has 1 aromatic carbocycles.